The predicted octanol–water partition coefficient (Wildman–Crippen LogP) is 2.63. The molecule has 1 heterocycles. The molecule has 0 aliphatic carbocycles. The lowest BCUT2D eigenvalue weighted by Crippen LogP contribution is -2.48. The van der Waals surface area contributed by atoms with Crippen molar-refractivity contribution in [3.63, 3.8) is 0 Å². The monoisotopic (exact) mass is 408 g/mol. The van der Waals surface area contributed by atoms with Crippen molar-refractivity contribution in [3.05, 3.63) is 77.9 Å². The third kappa shape index (κ3) is 4.17. The first kappa shape index (κ1) is 19.6. The molecule has 4 rings (SSSR count). The number of nitrogens with zero attached hydrogens (tertiary/aromatic N) is 2. The van der Waals surface area contributed by atoms with Gasteiger partial charge in [0.05, 0.1) is 4.90 Å². The van der Waals surface area contributed by atoms with Crippen LogP contribution in [-0.2, 0) is 16.6 Å². The summed E-state index contributed by atoms with van der Waals surface area (Å²) in [6.45, 7) is 3.06. The minimum atomic E-state index is -3.50. The molecule has 0 amide bonds. The lowest BCUT2D eigenvalue weighted by atomic mass is 10.1. The van der Waals surface area contributed by atoms with Crippen molar-refractivity contribution in [2.45, 2.75) is 11.4 Å². The van der Waals surface area contributed by atoms with Crippen molar-refractivity contribution in [2.75, 3.05) is 26.2 Å². The van der Waals surface area contributed by atoms with Crippen LogP contribution in [0.2, 0.25) is 0 Å². The Balaban J connectivity index is 1.42. The normalized spacial score (nSPS) is 16.1. The van der Waals surface area contributed by atoms with Gasteiger partial charge < -0.3 is 5.73 Å². The summed E-state index contributed by atoms with van der Waals surface area (Å²) in [6.07, 6.45) is 0. The quantitative estimate of drug-likeness (QED) is 0.502. The van der Waals surface area contributed by atoms with E-state index >= 15 is 0 Å². The van der Waals surface area contributed by atoms with Crippen molar-refractivity contribution < 1.29 is 8.42 Å². The van der Waals surface area contributed by atoms with Gasteiger partial charge in [-0.05, 0) is 28.5 Å². The first-order valence-corrected chi connectivity index (χ1v) is 11.0. The summed E-state index contributed by atoms with van der Waals surface area (Å²) in [5, 5.41) is 9.43. The maximum absolute atomic E-state index is 13.1. The highest BCUT2D eigenvalue weighted by Gasteiger charge is 2.28. The standard InChI is InChI=1S/C22H24N4O2S/c23-22(24)19-7-5-17(6-8-19)16-25-11-13-26(14-12-25)29(27,28)21-10-9-18-3-1-2-4-20(18)15-21/h1-10,15H,11-14,16H2,(H3,23,24). The van der Waals surface area contributed by atoms with Crippen LogP contribution in [0.25, 0.3) is 10.8 Å². The zero-order valence-electron chi connectivity index (χ0n) is 16.1. The van der Waals surface area contributed by atoms with Gasteiger partial charge in [0, 0.05) is 38.3 Å². The Labute approximate surface area is 171 Å². The molecule has 1 fully saturated rings. The molecule has 3 N–H and O–H groups in total. The zero-order valence-corrected chi connectivity index (χ0v) is 16.9. The fourth-order valence-corrected chi connectivity index (χ4v) is 5.11. The molecule has 0 bridgehead atoms. The number of piperazine rings is 1. The minimum Gasteiger partial charge on any atom is -0.384 e. The topological polar surface area (TPSA) is 90.5 Å². The number of fused-ring (bicyclic) bond motifs is 1. The highest BCUT2D eigenvalue weighted by atomic mass is 32.2. The highest BCUT2D eigenvalue weighted by molar-refractivity contribution is 7.89. The van der Waals surface area contributed by atoms with E-state index in [-0.39, 0.29) is 5.84 Å². The van der Waals surface area contributed by atoms with Crippen LogP contribution < -0.4 is 5.73 Å². The summed E-state index contributed by atoms with van der Waals surface area (Å²) in [4.78, 5) is 2.60. The number of benzene rings is 3. The number of rotatable bonds is 5. The molecule has 1 aliphatic heterocycles. The average Bonchev–Trinajstić information content (AvgIpc) is 2.74. The van der Waals surface area contributed by atoms with Gasteiger partial charge in [-0.15, -0.1) is 0 Å². The van der Waals surface area contributed by atoms with Gasteiger partial charge in [0.15, 0.2) is 0 Å². The van der Waals surface area contributed by atoms with Crippen LogP contribution in [0, 0.1) is 5.41 Å². The van der Waals surface area contributed by atoms with E-state index in [0.717, 1.165) is 22.9 Å². The SMILES string of the molecule is N=C(N)c1ccc(CN2CCN(S(=O)(=O)c3ccc4ccccc4c3)CC2)cc1. The fraction of sp³-hybridized carbons (Fsp3) is 0.227. The molecule has 0 spiro atoms. The van der Waals surface area contributed by atoms with Crippen LogP contribution in [0.4, 0.5) is 0 Å². The van der Waals surface area contributed by atoms with Crippen molar-refractivity contribution >= 4 is 26.6 Å². The number of sulfonamides is 1. The van der Waals surface area contributed by atoms with Gasteiger partial charge in [-0.1, -0.05) is 54.6 Å². The summed E-state index contributed by atoms with van der Waals surface area (Å²) in [5.41, 5.74) is 7.33. The first-order valence-electron chi connectivity index (χ1n) is 9.58. The second-order valence-electron chi connectivity index (χ2n) is 7.30. The van der Waals surface area contributed by atoms with E-state index in [4.69, 9.17) is 11.1 Å². The predicted molar refractivity (Wildman–Crippen MR) is 115 cm³/mol. The summed E-state index contributed by atoms with van der Waals surface area (Å²) in [7, 11) is -3.50. The molecular formula is C22H24N4O2S. The summed E-state index contributed by atoms with van der Waals surface area (Å²) in [6, 6.07) is 20.7. The minimum absolute atomic E-state index is 0.0593. The van der Waals surface area contributed by atoms with Crippen molar-refractivity contribution in [3.8, 4) is 0 Å². The summed E-state index contributed by atoms with van der Waals surface area (Å²) in [5.74, 6) is 0.0593. The van der Waals surface area contributed by atoms with E-state index < -0.39 is 10.0 Å². The van der Waals surface area contributed by atoms with Gasteiger partial charge in [-0.2, -0.15) is 4.31 Å². The van der Waals surface area contributed by atoms with Gasteiger partial charge in [0.1, 0.15) is 5.84 Å². The van der Waals surface area contributed by atoms with Gasteiger partial charge in [-0.3, -0.25) is 10.3 Å². The van der Waals surface area contributed by atoms with E-state index in [1.54, 1.807) is 16.4 Å². The van der Waals surface area contributed by atoms with Gasteiger partial charge in [0.25, 0.3) is 0 Å². The molecular weight excluding hydrogens is 384 g/mol. The molecule has 0 radical (unpaired) electrons. The largest absolute Gasteiger partial charge is 0.384 e. The van der Waals surface area contributed by atoms with E-state index in [0.29, 0.717) is 36.6 Å². The molecule has 1 aliphatic rings. The Bertz CT molecular complexity index is 1130. The Kier molecular flexibility index (Phi) is 5.36. The highest BCUT2D eigenvalue weighted by Crippen LogP contribution is 2.23. The number of nitrogens with one attached hydrogen (secondary N) is 1. The molecule has 0 atom stereocenters. The number of hydrogen-bond acceptors (Lipinski definition) is 4. The Morgan fingerprint density at radius 1 is 0.897 bits per heavy atom. The second kappa shape index (κ2) is 7.94. The number of nitrogens with two attached hydrogens (primary N) is 1. The van der Waals surface area contributed by atoms with Crippen LogP contribution in [0.3, 0.4) is 0 Å². The maximum atomic E-state index is 13.1. The number of amidine groups is 1. The summed E-state index contributed by atoms with van der Waals surface area (Å²) >= 11 is 0. The van der Waals surface area contributed by atoms with Crippen LogP contribution in [-0.4, -0.2) is 49.6 Å². The number of hydrogen-bond donors (Lipinski definition) is 2. The first-order chi connectivity index (χ1) is 13.9. The molecule has 150 valence electrons. The molecule has 0 saturated carbocycles. The Morgan fingerprint density at radius 3 is 2.21 bits per heavy atom. The molecule has 7 heteroatoms. The Morgan fingerprint density at radius 2 is 1.55 bits per heavy atom. The molecule has 3 aromatic carbocycles. The second-order valence-corrected chi connectivity index (χ2v) is 9.24. The van der Waals surface area contributed by atoms with E-state index in [9.17, 15) is 8.42 Å². The van der Waals surface area contributed by atoms with E-state index in [1.807, 2.05) is 54.6 Å². The van der Waals surface area contributed by atoms with Crippen molar-refractivity contribution in [2.24, 2.45) is 5.73 Å². The van der Waals surface area contributed by atoms with E-state index in [2.05, 4.69) is 4.90 Å². The Hall–Kier alpha value is -2.74. The zero-order chi connectivity index (χ0) is 20.4. The number of nitrogen functional groups attached to an aromatic ring is 1. The maximum Gasteiger partial charge on any atom is 0.243 e. The van der Waals surface area contributed by atoms with Gasteiger partial charge in [-0.25, -0.2) is 8.42 Å². The molecule has 29 heavy (non-hydrogen) atoms. The van der Waals surface area contributed by atoms with Crippen molar-refractivity contribution in [1.82, 2.24) is 9.21 Å². The van der Waals surface area contributed by atoms with Crippen LogP contribution in [0.1, 0.15) is 11.1 Å². The third-order valence-corrected chi connectivity index (χ3v) is 7.26. The van der Waals surface area contributed by atoms with Crippen LogP contribution >= 0.6 is 0 Å². The van der Waals surface area contributed by atoms with Gasteiger partial charge >= 0.3 is 0 Å². The van der Waals surface area contributed by atoms with Crippen LogP contribution in [0.5, 0.6) is 0 Å². The fourth-order valence-electron chi connectivity index (χ4n) is 3.65. The molecule has 0 aromatic heterocycles. The van der Waals surface area contributed by atoms with E-state index in [1.165, 1.54) is 0 Å². The van der Waals surface area contributed by atoms with Crippen molar-refractivity contribution in [1.29, 1.82) is 5.41 Å². The molecule has 6 nitrogen and oxygen atoms in total. The summed E-state index contributed by atoms with van der Waals surface area (Å²) < 4.78 is 27.7. The molecule has 3 aromatic rings. The molecule has 1 saturated heterocycles. The van der Waals surface area contributed by atoms with Crippen LogP contribution in [0.15, 0.2) is 71.6 Å². The lowest BCUT2D eigenvalue weighted by Gasteiger charge is -2.34. The average molecular weight is 409 g/mol. The third-order valence-electron chi connectivity index (χ3n) is 5.36. The molecule has 0 unspecified atom stereocenters. The lowest BCUT2D eigenvalue weighted by molar-refractivity contribution is 0.181. The smallest absolute Gasteiger partial charge is 0.243 e. The van der Waals surface area contributed by atoms with Gasteiger partial charge in [0.2, 0.25) is 10.0 Å².